The number of carbonyl (C=O) groups is 1. The largest absolute Gasteiger partial charge is 0.325 e. The second-order valence-electron chi connectivity index (χ2n) is 4.90. The SMILES string of the molecule is CC1(NCC(=O)Nc2ccc(F)cc2)CCNC1. The van der Waals surface area contributed by atoms with E-state index in [1.54, 1.807) is 12.1 Å². The number of benzene rings is 1. The van der Waals surface area contributed by atoms with Crippen LogP contribution in [0.1, 0.15) is 13.3 Å². The van der Waals surface area contributed by atoms with Crippen molar-refractivity contribution in [2.24, 2.45) is 0 Å². The lowest BCUT2D eigenvalue weighted by Crippen LogP contribution is -2.47. The van der Waals surface area contributed by atoms with Gasteiger partial charge < -0.3 is 16.0 Å². The molecule has 1 saturated heterocycles. The predicted octanol–water partition coefficient (Wildman–Crippen LogP) is 1.11. The predicted molar refractivity (Wildman–Crippen MR) is 68.9 cm³/mol. The summed E-state index contributed by atoms with van der Waals surface area (Å²) in [5, 5.41) is 9.22. The monoisotopic (exact) mass is 251 g/mol. The molecule has 2 rings (SSSR count). The summed E-state index contributed by atoms with van der Waals surface area (Å²) in [6.45, 7) is 4.20. The highest BCUT2D eigenvalue weighted by Gasteiger charge is 2.28. The van der Waals surface area contributed by atoms with Crippen LogP contribution in [0.3, 0.4) is 0 Å². The van der Waals surface area contributed by atoms with Gasteiger partial charge in [0.1, 0.15) is 5.82 Å². The first kappa shape index (κ1) is 13.0. The second-order valence-corrected chi connectivity index (χ2v) is 4.90. The van der Waals surface area contributed by atoms with Crippen LogP contribution >= 0.6 is 0 Å². The summed E-state index contributed by atoms with van der Waals surface area (Å²) in [6.07, 6.45) is 1.01. The van der Waals surface area contributed by atoms with Gasteiger partial charge in [0.05, 0.1) is 6.54 Å². The molecule has 1 atom stereocenters. The van der Waals surface area contributed by atoms with Gasteiger partial charge in [0.15, 0.2) is 0 Å². The summed E-state index contributed by atoms with van der Waals surface area (Å²) in [5.41, 5.74) is 0.595. The molecule has 98 valence electrons. The first-order valence-electron chi connectivity index (χ1n) is 6.09. The maximum absolute atomic E-state index is 12.7. The van der Waals surface area contributed by atoms with Crippen molar-refractivity contribution < 1.29 is 9.18 Å². The van der Waals surface area contributed by atoms with E-state index in [4.69, 9.17) is 0 Å². The zero-order valence-electron chi connectivity index (χ0n) is 10.4. The molecule has 1 fully saturated rings. The zero-order valence-corrected chi connectivity index (χ0v) is 10.4. The summed E-state index contributed by atoms with van der Waals surface area (Å²) in [4.78, 5) is 11.7. The smallest absolute Gasteiger partial charge is 0.238 e. The van der Waals surface area contributed by atoms with Crippen LogP contribution in [-0.2, 0) is 4.79 Å². The van der Waals surface area contributed by atoms with Crippen LogP contribution in [0, 0.1) is 5.82 Å². The molecule has 0 saturated carbocycles. The fraction of sp³-hybridized carbons (Fsp3) is 0.462. The van der Waals surface area contributed by atoms with E-state index in [1.165, 1.54) is 12.1 Å². The molecule has 0 aromatic heterocycles. The van der Waals surface area contributed by atoms with Crippen LogP contribution in [0.25, 0.3) is 0 Å². The van der Waals surface area contributed by atoms with Crippen molar-refractivity contribution in [1.29, 1.82) is 0 Å². The number of carbonyl (C=O) groups excluding carboxylic acids is 1. The average Bonchev–Trinajstić information content (AvgIpc) is 2.78. The molecule has 18 heavy (non-hydrogen) atoms. The number of halogens is 1. The highest BCUT2D eigenvalue weighted by Crippen LogP contribution is 2.13. The van der Waals surface area contributed by atoms with Crippen molar-refractivity contribution in [1.82, 2.24) is 10.6 Å². The minimum atomic E-state index is -0.310. The molecule has 0 bridgehead atoms. The van der Waals surface area contributed by atoms with Crippen LogP contribution in [0.5, 0.6) is 0 Å². The van der Waals surface area contributed by atoms with Gasteiger partial charge in [0.25, 0.3) is 0 Å². The molecule has 0 spiro atoms. The van der Waals surface area contributed by atoms with E-state index in [9.17, 15) is 9.18 Å². The van der Waals surface area contributed by atoms with E-state index in [0.717, 1.165) is 19.5 Å². The number of hydrogen-bond donors (Lipinski definition) is 3. The summed E-state index contributed by atoms with van der Waals surface area (Å²) < 4.78 is 12.7. The lowest BCUT2D eigenvalue weighted by molar-refractivity contribution is -0.115. The number of hydrogen-bond acceptors (Lipinski definition) is 3. The van der Waals surface area contributed by atoms with Crippen LogP contribution in [0.2, 0.25) is 0 Å². The quantitative estimate of drug-likeness (QED) is 0.751. The third-order valence-corrected chi connectivity index (χ3v) is 3.17. The van der Waals surface area contributed by atoms with Gasteiger partial charge in [-0.1, -0.05) is 0 Å². The van der Waals surface area contributed by atoms with Crippen molar-refractivity contribution >= 4 is 11.6 Å². The molecule has 1 aromatic rings. The Hall–Kier alpha value is -1.46. The van der Waals surface area contributed by atoms with Crippen LogP contribution in [0.4, 0.5) is 10.1 Å². The van der Waals surface area contributed by atoms with Crippen molar-refractivity contribution in [2.45, 2.75) is 18.9 Å². The fourth-order valence-corrected chi connectivity index (χ4v) is 2.00. The van der Waals surface area contributed by atoms with Crippen LogP contribution in [-0.4, -0.2) is 31.1 Å². The summed E-state index contributed by atoms with van der Waals surface area (Å²) in [6, 6.07) is 5.74. The Morgan fingerprint density at radius 1 is 1.44 bits per heavy atom. The Labute approximate surface area is 106 Å². The van der Waals surface area contributed by atoms with Gasteiger partial charge in [-0.2, -0.15) is 0 Å². The minimum Gasteiger partial charge on any atom is -0.325 e. The Kier molecular flexibility index (Phi) is 3.93. The third kappa shape index (κ3) is 3.51. The van der Waals surface area contributed by atoms with E-state index < -0.39 is 0 Å². The van der Waals surface area contributed by atoms with Crippen molar-refractivity contribution in [3.05, 3.63) is 30.1 Å². The zero-order chi connectivity index (χ0) is 13.0. The summed E-state index contributed by atoms with van der Waals surface area (Å²) in [7, 11) is 0. The molecule has 1 heterocycles. The molecule has 0 aliphatic carbocycles. The average molecular weight is 251 g/mol. The highest BCUT2D eigenvalue weighted by molar-refractivity contribution is 5.92. The molecular formula is C13H18FN3O. The molecule has 3 N–H and O–H groups in total. The summed E-state index contributed by atoms with van der Waals surface area (Å²) >= 11 is 0. The van der Waals surface area contributed by atoms with E-state index in [-0.39, 0.29) is 23.8 Å². The van der Waals surface area contributed by atoms with E-state index >= 15 is 0 Å². The van der Waals surface area contributed by atoms with Gasteiger partial charge in [0.2, 0.25) is 5.91 Å². The molecule has 1 aromatic carbocycles. The van der Waals surface area contributed by atoms with E-state index in [0.29, 0.717) is 5.69 Å². The van der Waals surface area contributed by atoms with E-state index in [1.807, 2.05) is 0 Å². The van der Waals surface area contributed by atoms with Crippen LogP contribution < -0.4 is 16.0 Å². The molecule has 1 aliphatic rings. The second kappa shape index (κ2) is 5.46. The van der Waals surface area contributed by atoms with Crippen molar-refractivity contribution in [2.75, 3.05) is 25.0 Å². The minimum absolute atomic E-state index is 0.0138. The number of rotatable bonds is 4. The van der Waals surface area contributed by atoms with Gasteiger partial charge in [-0.05, 0) is 44.2 Å². The number of anilines is 1. The van der Waals surface area contributed by atoms with Gasteiger partial charge in [-0.15, -0.1) is 0 Å². The Bertz CT molecular complexity index is 413. The Balaban J connectivity index is 1.80. The lowest BCUT2D eigenvalue weighted by atomic mass is 10.0. The number of nitrogens with one attached hydrogen (secondary N) is 3. The standard InChI is InChI=1S/C13H18FN3O/c1-13(6-7-15-9-13)16-8-12(18)17-11-4-2-10(14)3-5-11/h2-5,15-16H,6-9H2,1H3,(H,17,18). The molecule has 1 aliphatic heterocycles. The highest BCUT2D eigenvalue weighted by atomic mass is 19.1. The van der Waals surface area contributed by atoms with Gasteiger partial charge in [-0.3, -0.25) is 4.79 Å². The first-order valence-corrected chi connectivity index (χ1v) is 6.09. The molecular weight excluding hydrogens is 233 g/mol. The fourth-order valence-electron chi connectivity index (χ4n) is 2.00. The van der Waals surface area contributed by atoms with E-state index in [2.05, 4.69) is 22.9 Å². The first-order chi connectivity index (χ1) is 8.57. The third-order valence-electron chi connectivity index (χ3n) is 3.17. The van der Waals surface area contributed by atoms with Crippen molar-refractivity contribution in [3.8, 4) is 0 Å². The lowest BCUT2D eigenvalue weighted by Gasteiger charge is -2.24. The maximum Gasteiger partial charge on any atom is 0.238 e. The molecule has 1 unspecified atom stereocenters. The molecule has 1 amide bonds. The molecule has 4 nitrogen and oxygen atoms in total. The number of amides is 1. The van der Waals surface area contributed by atoms with Gasteiger partial charge in [-0.25, -0.2) is 4.39 Å². The van der Waals surface area contributed by atoms with Gasteiger partial charge in [0, 0.05) is 17.8 Å². The van der Waals surface area contributed by atoms with Gasteiger partial charge >= 0.3 is 0 Å². The maximum atomic E-state index is 12.7. The Morgan fingerprint density at radius 2 is 2.17 bits per heavy atom. The summed E-state index contributed by atoms with van der Waals surface area (Å²) in [5.74, 6) is -0.426. The molecule has 5 heteroatoms. The molecule has 0 radical (unpaired) electrons. The van der Waals surface area contributed by atoms with Crippen LogP contribution in [0.15, 0.2) is 24.3 Å². The normalized spacial score (nSPS) is 23.0. The van der Waals surface area contributed by atoms with Crippen molar-refractivity contribution in [3.63, 3.8) is 0 Å². The Morgan fingerprint density at radius 3 is 2.78 bits per heavy atom. The topological polar surface area (TPSA) is 53.2 Å².